The number of benzene rings is 2. The fourth-order valence-electron chi connectivity index (χ4n) is 8.37. The molecule has 2 aliphatic rings. The number of ether oxygens (including phenoxy) is 2. The highest BCUT2D eigenvalue weighted by molar-refractivity contribution is 5.96. The normalized spacial score (nSPS) is 19.6. The van der Waals surface area contributed by atoms with E-state index in [1.165, 1.54) is 12.1 Å². The number of amides is 3. The van der Waals surface area contributed by atoms with Crippen molar-refractivity contribution in [2.75, 3.05) is 27.3 Å². The second kappa shape index (κ2) is 17.2. The minimum Gasteiger partial charge on any atom is -0.508 e. The maximum Gasteiger partial charge on any atom is 0.407 e. The number of hydrogen-bond donors (Lipinski definition) is 4. The van der Waals surface area contributed by atoms with Gasteiger partial charge in [-0.3, -0.25) is 29.3 Å². The fourth-order valence-corrected chi connectivity index (χ4v) is 8.37. The molecule has 4 heterocycles. The summed E-state index contributed by atoms with van der Waals surface area (Å²) in [6, 6.07) is 12.2. The molecule has 14 heteroatoms. The highest BCUT2D eigenvalue weighted by Gasteiger charge is 2.38. The van der Waals surface area contributed by atoms with Gasteiger partial charge in [0.05, 0.1) is 24.1 Å². The first-order chi connectivity index (χ1) is 27.5. The molecule has 4 aromatic rings. The number of hydrazine groups is 1. The zero-order valence-electron chi connectivity index (χ0n) is 34.7. The quantitative estimate of drug-likeness (QED) is 0.153. The van der Waals surface area contributed by atoms with Gasteiger partial charge in [-0.05, 0) is 97.7 Å². The van der Waals surface area contributed by atoms with E-state index in [2.05, 4.69) is 54.3 Å². The van der Waals surface area contributed by atoms with E-state index in [-0.39, 0.29) is 31.4 Å². The van der Waals surface area contributed by atoms with Crippen molar-refractivity contribution in [3.8, 4) is 28.1 Å². The van der Waals surface area contributed by atoms with Crippen LogP contribution in [-0.4, -0.2) is 99.0 Å². The highest BCUT2D eigenvalue weighted by Crippen LogP contribution is 2.42. The third kappa shape index (κ3) is 8.68. The summed E-state index contributed by atoms with van der Waals surface area (Å²) in [4.78, 5) is 59.6. The highest BCUT2D eigenvalue weighted by atomic mass is 16.5. The Morgan fingerprint density at radius 2 is 1.88 bits per heavy atom. The predicted octanol–water partition coefficient (Wildman–Crippen LogP) is 6.09. The number of methoxy groups -OCH3 is 1. The smallest absolute Gasteiger partial charge is 0.407 e. The SMILES string of the molecule is CCn1c(-c2cccnc2C(C)OC)c2c3cc(ccc31)-c1cc(O)cc(c1)CC(NC(=O)C(C(C)C)N(C)C(=O)O)C(=O)N1CCC[C@H](N1)C(=O)OCC(C)(C)C2. The molecule has 14 nitrogen and oxygen atoms in total. The molecule has 0 radical (unpaired) electrons. The number of pyridine rings is 1. The summed E-state index contributed by atoms with van der Waals surface area (Å²) in [5.41, 5.74) is 9.43. The Hall–Kier alpha value is -5.47. The second-order valence-electron chi connectivity index (χ2n) is 16.6. The number of aromatic hydroxyl groups is 1. The lowest BCUT2D eigenvalue weighted by molar-refractivity contribution is -0.155. The molecule has 6 rings (SSSR count). The Kier molecular flexibility index (Phi) is 12.5. The van der Waals surface area contributed by atoms with E-state index in [1.54, 1.807) is 39.3 Å². The van der Waals surface area contributed by atoms with Crippen LogP contribution < -0.4 is 10.7 Å². The van der Waals surface area contributed by atoms with E-state index >= 15 is 0 Å². The average Bonchev–Trinajstić information content (AvgIpc) is 3.49. The van der Waals surface area contributed by atoms with Gasteiger partial charge in [0, 0.05) is 61.7 Å². The van der Waals surface area contributed by atoms with Crippen molar-refractivity contribution in [2.45, 2.75) is 98.0 Å². The van der Waals surface area contributed by atoms with Gasteiger partial charge < -0.3 is 29.6 Å². The topological polar surface area (TPSA) is 176 Å². The van der Waals surface area contributed by atoms with Crippen molar-refractivity contribution < 1.29 is 38.9 Å². The number of carboxylic acid groups (broad SMARTS) is 1. The van der Waals surface area contributed by atoms with Crippen molar-refractivity contribution in [2.24, 2.45) is 11.3 Å². The standard InChI is InChI=1S/C44H56N6O8/c1-9-49-36-15-14-28-22-32(36)33(39(49)31-12-10-16-45-37(31)26(4)57-8)23-44(5,6)24-58-42(54)34-13-11-17-50(47-34)41(53)35(20-27-18-29(28)21-30(51)19-27)46-40(52)38(25(2)3)48(7)43(55)56/h10,12,14-16,18-19,21-22,25-26,34-35,38,47,51H,9,11,13,17,20,23-24H2,1-8H3,(H,46,52)(H,55,56)/t26?,34-,35?,38?/m0/s1. The largest absolute Gasteiger partial charge is 0.508 e. The zero-order valence-corrected chi connectivity index (χ0v) is 34.7. The number of nitrogens with zero attached hydrogens (tertiary/aromatic N) is 4. The molecule has 58 heavy (non-hydrogen) atoms. The van der Waals surface area contributed by atoms with Gasteiger partial charge in [0.25, 0.3) is 5.91 Å². The average molecular weight is 797 g/mol. The van der Waals surface area contributed by atoms with Gasteiger partial charge in [0.1, 0.15) is 23.9 Å². The van der Waals surface area contributed by atoms with Crippen LogP contribution in [0, 0.1) is 11.3 Å². The monoisotopic (exact) mass is 796 g/mol. The van der Waals surface area contributed by atoms with E-state index in [0.29, 0.717) is 36.9 Å². The molecular weight excluding hydrogens is 741 g/mol. The maximum atomic E-state index is 14.4. The molecule has 0 aliphatic carbocycles. The Morgan fingerprint density at radius 3 is 2.57 bits per heavy atom. The molecule has 3 unspecified atom stereocenters. The van der Waals surface area contributed by atoms with E-state index in [9.17, 15) is 29.4 Å². The number of aromatic nitrogens is 2. The third-order valence-electron chi connectivity index (χ3n) is 11.3. The molecule has 2 aromatic carbocycles. The minimum atomic E-state index is -1.28. The number of carbonyl (C=O) groups is 4. The Morgan fingerprint density at radius 1 is 1.12 bits per heavy atom. The van der Waals surface area contributed by atoms with Crippen molar-refractivity contribution >= 4 is 34.8 Å². The molecule has 4 N–H and O–H groups in total. The first-order valence-electron chi connectivity index (χ1n) is 20.0. The number of fused-ring (bicyclic) bond motifs is 6. The van der Waals surface area contributed by atoms with Gasteiger partial charge in [-0.15, -0.1) is 0 Å². The number of phenolic OH excluding ortho intramolecular Hbond substituents is 1. The van der Waals surface area contributed by atoms with Crippen LogP contribution in [0.2, 0.25) is 0 Å². The van der Waals surface area contributed by atoms with Crippen molar-refractivity contribution in [3.63, 3.8) is 0 Å². The lowest BCUT2D eigenvalue weighted by Gasteiger charge is -2.36. The predicted molar refractivity (Wildman–Crippen MR) is 220 cm³/mol. The van der Waals surface area contributed by atoms with Gasteiger partial charge in [-0.25, -0.2) is 10.2 Å². The van der Waals surface area contributed by atoms with Gasteiger partial charge in [0.2, 0.25) is 5.91 Å². The summed E-state index contributed by atoms with van der Waals surface area (Å²) in [6.07, 6.45) is 1.66. The molecule has 0 saturated carbocycles. The van der Waals surface area contributed by atoms with E-state index in [0.717, 1.165) is 43.9 Å². The summed E-state index contributed by atoms with van der Waals surface area (Å²) < 4.78 is 14.1. The molecule has 1 fully saturated rings. The minimum absolute atomic E-state index is 0.0224. The van der Waals surface area contributed by atoms with Crippen LogP contribution in [0.4, 0.5) is 4.79 Å². The Balaban J connectivity index is 1.53. The maximum absolute atomic E-state index is 14.4. The van der Waals surface area contributed by atoms with Gasteiger partial charge >= 0.3 is 12.1 Å². The summed E-state index contributed by atoms with van der Waals surface area (Å²) in [5, 5.41) is 26.1. The Bertz CT molecular complexity index is 2200. The van der Waals surface area contributed by atoms with Crippen molar-refractivity contribution in [1.82, 2.24) is 30.2 Å². The second-order valence-corrected chi connectivity index (χ2v) is 16.6. The first kappa shape index (κ1) is 42.1. The number of hydrogen-bond acceptors (Lipinski definition) is 9. The first-order valence-corrected chi connectivity index (χ1v) is 20.0. The number of aryl methyl sites for hydroxylation is 1. The number of carbonyl (C=O) groups excluding carboxylic acids is 3. The lowest BCUT2D eigenvalue weighted by Crippen LogP contribution is -2.62. The molecule has 0 spiro atoms. The van der Waals surface area contributed by atoms with Crippen LogP contribution in [-0.2, 0) is 43.2 Å². The summed E-state index contributed by atoms with van der Waals surface area (Å²) in [5.74, 6) is -2.06. The summed E-state index contributed by atoms with van der Waals surface area (Å²) in [6.45, 7) is 12.7. The molecule has 310 valence electrons. The number of phenols is 1. The molecular formula is C44H56N6O8. The van der Waals surface area contributed by atoms with Crippen LogP contribution in [0.1, 0.15) is 77.3 Å². The number of cyclic esters (lactones) is 1. The van der Waals surface area contributed by atoms with Crippen molar-refractivity contribution in [1.29, 1.82) is 0 Å². The van der Waals surface area contributed by atoms with Crippen LogP contribution in [0.15, 0.2) is 54.7 Å². The van der Waals surface area contributed by atoms with Crippen LogP contribution >= 0.6 is 0 Å². The van der Waals surface area contributed by atoms with Crippen LogP contribution in [0.5, 0.6) is 5.75 Å². The van der Waals surface area contributed by atoms with E-state index in [1.807, 2.05) is 25.1 Å². The number of esters is 1. The number of likely N-dealkylation sites (N-methyl/N-ethyl adjacent to an activating group) is 1. The summed E-state index contributed by atoms with van der Waals surface area (Å²) in [7, 11) is 2.98. The van der Waals surface area contributed by atoms with Crippen LogP contribution in [0.3, 0.4) is 0 Å². The molecule has 3 amide bonds. The van der Waals surface area contributed by atoms with E-state index in [4.69, 9.17) is 14.5 Å². The zero-order chi connectivity index (χ0) is 42.1. The molecule has 1 saturated heterocycles. The molecule has 2 aliphatic heterocycles. The third-order valence-corrected chi connectivity index (χ3v) is 11.3. The van der Waals surface area contributed by atoms with E-state index < -0.39 is 53.3 Å². The lowest BCUT2D eigenvalue weighted by atomic mass is 9.84. The van der Waals surface area contributed by atoms with Gasteiger partial charge in [-0.2, -0.15) is 0 Å². The molecule has 6 bridgehead atoms. The van der Waals surface area contributed by atoms with Crippen LogP contribution in [0.25, 0.3) is 33.3 Å². The number of rotatable bonds is 8. The molecule has 2 aromatic heterocycles. The van der Waals surface area contributed by atoms with Gasteiger partial charge in [0.15, 0.2) is 0 Å². The number of nitrogens with one attached hydrogen (secondary N) is 2. The van der Waals surface area contributed by atoms with Crippen molar-refractivity contribution in [3.05, 3.63) is 71.5 Å². The van der Waals surface area contributed by atoms with Gasteiger partial charge in [-0.1, -0.05) is 39.8 Å². The fraction of sp³-hybridized carbons (Fsp3) is 0.477. The molecule has 4 atom stereocenters. The summed E-state index contributed by atoms with van der Waals surface area (Å²) >= 11 is 0. The Labute approximate surface area is 339 Å².